The zero-order chi connectivity index (χ0) is 21.2. The van der Waals surface area contributed by atoms with E-state index in [1.165, 1.54) is 36.9 Å². The first-order chi connectivity index (χ1) is 14.7. The predicted molar refractivity (Wildman–Crippen MR) is 138 cm³/mol. The van der Waals surface area contributed by atoms with Gasteiger partial charge in [0.05, 0.1) is 19.8 Å². The van der Waals surface area contributed by atoms with Gasteiger partial charge in [0.1, 0.15) is 0 Å². The number of piperidine rings is 1. The molecule has 6 nitrogen and oxygen atoms in total. The Balaban J connectivity index is 0.00000341. The number of guanidine groups is 1. The molecule has 1 aromatic carbocycles. The Hall–Kier alpha value is -0.900. The Labute approximate surface area is 205 Å². The van der Waals surface area contributed by atoms with Crippen molar-refractivity contribution in [3.8, 4) is 0 Å². The second-order valence-corrected chi connectivity index (χ2v) is 8.65. The van der Waals surface area contributed by atoms with Gasteiger partial charge >= 0.3 is 0 Å². The number of rotatable bonds is 9. The maximum atomic E-state index is 5.73. The number of nitrogens with one attached hydrogen (secondary N) is 1. The van der Waals surface area contributed by atoms with Crippen LogP contribution in [0.25, 0.3) is 0 Å². The number of ether oxygens (including phenoxy) is 2. The van der Waals surface area contributed by atoms with E-state index in [0.29, 0.717) is 25.2 Å². The molecule has 2 atom stereocenters. The second kappa shape index (κ2) is 14.3. The summed E-state index contributed by atoms with van der Waals surface area (Å²) in [7, 11) is 3.59. The third-order valence-corrected chi connectivity index (χ3v) is 6.45. The van der Waals surface area contributed by atoms with Crippen molar-refractivity contribution in [1.82, 2.24) is 15.1 Å². The van der Waals surface area contributed by atoms with E-state index < -0.39 is 0 Å². The summed E-state index contributed by atoms with van der Waals surface area (Å²) in [6.07, 6.45) is 5.16. The predicted octanol–water partition coefficient (Wildman–Crippen LogP) is 3.74. The van der Waals surface area contributed by atoms with Crippen molar-refractivity contribution in [3.63, 3.8) is 0 Å². The van der Waals surface area contributed by atoms with Crippen LogP contribution in [-0.2, 0) is 22.6 Å². The van der Waals surface area contributed by atoms with Gasteiger partial charge in [0, 0.05) is 52.3 Å². The zero-order valence-electron chi connectivity index (χ0n) is 19.5. The molecule has 0 saturated carbocycles. The van der Waals surface area contributed by atoms with Crippen molar-refractivity contribution >= 4 is 29.9 Å². The van der Waals surface area contributed by atoms with Crippen LogP contribution in [0.15, 0.2) is 29.3 Å². The number of nitrogens with zero attached hydrogens (tertiary/aromatic N) is 3. The molecule has 31 heavy (non-hydrogen) atoms. The Morgan fingerprint density at radius 3 is 2.68 bits per heavy atom. The Morgan fingerprint density at radius 1 is 1.13 bits per heavy atom. The van der Waals surface area contributed by atoms with Gasteiger partial charge in [-0.25, -0.2) is 0 Å². The molecule has 0 radical (unpaired) electrons. The molecule has 1 N–H and O–H groups in total. The van der Waals surface area contributed by atoms with E-state index >= 15 is 0 Å². The minimum atomic E-state index is 0. The van der Waals surface area contributed by atoms with Crippen LogP contribution >= 0.6 is 24.0 Å². The summed E-state index contributed by atoms with van der Waals surface area (Å²) in [4.78, 5) is 9.54. The molecule has 0 amide bonds. The molecule has 176 valence electrons. The number of hydrogen-bond acceptors (Lipinski definition) is 4. The van der Waals surface area contributed by atoms with Crippen molar-refractivity contribution < 1.29 is 9.47 Å². The SMILES string of the molecule is CN=C(NCc1ccccc1CN1CCCCC1C)N1CCC(COCCOC)C1.I. The molecule has 0 spiro atoms. The van der Waals surface area contributed by atoms with E-state index in [0.717, 1.165) is 45.2 Å². The number of halogens is 1. The number of benzene rings is 1. The van der Waals surface area contributed by atoms with Crippen molar-refractivity contribution in [2.24, 2.45) is 10.9 Å². The molecule has 0 bridgehead atoms. The molecule has 3 rings (SSSR count). The van der Waals surface area contributed by atoms with Gasteiger partial charge < -0.3 is 19.7 Å². The van der Waals surface area contributed by atoms with Gasteiger partial charge in [-0.05, 0) is 43.9 Å². The van der Waals surface area contributed by atoms with E-state index in [9.17, 15) is 0 Å². The van der Waals surface area contributed by atoms with Crippen molar-refractivity contribution in [3.05, 3.63) is 35.4 Å². The van der Waals surface area contributed by atoms with Crippen molar-refractivity contribution in [2.75, 3.05) is 53.6 Å². The molecule has 1 aromatic rings. The van der Waals surface area contributed by atoms with E-state index in [4.69, 9.17) is 9.47 Å². The normalized spacial score (nSPS) is 22.4. The van der Waals surface area contributed by atoms with E-state index in [-0.39, 0.29) is 24.0 Å². The molecule has 7 heteroatoms. The van der Waals surface area contributed by atoms with Crippen LogP contribution < -0.4 is 5.32 Å². The first-order valence-corrected chi connectivity index (χ1v) is 11.5. The fraction of sp³-hybridized carbons (Fsp3) is 0.708. The lowest BCUT2D eigenvalue weighted by Gasteiger charge is -2.34. The Morgan fingerprint density at radius 2 is 1.94 bits per heavy atom. The van der Waals surface area contributed by atoms with Gasteiger partial charge in [0.2, 0.25) is 0 Å². The average Bonchev–Trinajstić information content (AvgIpc) is 3.23. The number of methoxy groups -OCH3 is 1. The van der Waals surface area contributed by atoms with Crippen LogP contribution in [0.3, 0.4) is 0 Å². The lowest BCUT2D eigenvalue weighted by atomic mass is 10.0. The number of hydrogen-bond donors (Lipinski definition) is 1. The first-order valence-electron chi connectivity index (χ1n) is 11.5. The van der Waals surface area contributed by atoms with Crippen molar-refractivity contribution in [1.29, 1.82) is 0 Å². The number of likely N-dealkylation sites (tertiary alicyclic amines) is 2. The first kappa shape index (κ1) is 26.4. The topological polar surface area (TPSA) is 49.3 Å². The van der Waals surface area contributed by atoms with E-state index in [1.54, 1.807) is 7.11 Å². The quantitative estimate of drug-likeness (QED) is 0.222. The summed E-state index contributed by atoms with van der Waals surface area (Å²) >= 11 is 0. The molecule has 0 aromatic heterocycles. The van der Waals surface area contributed by atoms with Crippen LogP contribution in [0.1, 0.15) is 43.7 Å². The minimum Gasteiger partial charge on any atom is -0.382 e. The highest BCUT2D eigenvalue weighted by molar-refractivity contribution is 14.0. The maximum absolute atomic E-state index is 5.73. The molecular formula is C24H41IN4O2. The highest BCUT2D eigenvalue weighted by atomic mass is 127. The van der Waals surface area contributed by atoms with Gasteiger partial charge in [0.15, 0.2) is 5.96 Å². The van der Waals surface area contributed by atoms with Crippen LogP contribution in [-0.4, -0.2) is 75.4 Å². The Kier molecular flexibility index (Phi) is 12.1. The zero-order valence-corrected chi connectivity index (χ0v) is 21.8. The fourth-order valence-corrected chi connectivity index (χ4v) is 4.56. The molecular weight excluding hydrogens is 503 g/mol. The van der Waals surface area contributed by atoms with E-state index in [1.807, 2.05) is 7.05 Å². The van der Waals surface area contributed by atoms with Crippen LogP contribution in [0.2, 0.25) is 0 Å². The van der Waals surface area contributed by atoms with Crippen molar-refractivity contribution in [2.45, 2.75) is 51.7 Å². The molecule has 2 aliphatic rings. The summed E-state index contributed by atoms with van der Waals surface area (Å²) in [6, 6.07) is 9.52. The number of aliphatic imine (C=N–C) groups is 1. The summed E-state index contributed by atoms with van der Waals surface area (Å²) in [5, 5.41) is 3.61. The monoisotopic (exact) mass is 544 g/mol. The largest absolute Gasteiger partial charge is 0.382 e. The van der Waals surface area contributed by atoms with Crippen LogP contribution in [0.5, 0.6) is 0 Å². The lowest BCUT2D eigenvalue weighted by molar-refractivity contribution is 0.0536. The second-order valence-electron chi connectivity index (χ2n) is 8.65. The van der Waals surface area contributed by atoms with Gasteiger partial charge in [0.25, 0.3) is 0 Å². The van der Waals surface area contributed by atoms with Crippen LogP contribution in [0.4, 0.5) is 0 Å². The van der Waals surface area contributed by atoms with Crippen LogP contribution in [0, 0.1) is 5.92 Å². The smallest absolute Gasteiger partial charge is 0.193 e. The standard InChI is InChI=1S/C24H40N4O2.HI/c1-20-8-6-7-12-27(20)18-23-10-5-4-9-22(23)16-26-24(25-2)28-13-11-21(17-28)19-30-15-14-29-3;/h4-5,9-10,20-21H,6-8,11-19H2,1-3H3,(H,25,26);1H. The summed E-state index contributed by atoms with van der Waals surface area (Å²) < 4.78 is 10.8. The van der Waals surface area contributed by atoms with Gasteiger partial charge in [-0.15, -0.1) is 24.0 Å². The highest BCUT2D eigenvalue weighted by Gasteiger charge is 2.25. The molecule has 2 unspecified atom stereocenters. The third kappa shape index (κ3) is 8.18. The maximum Gasteiger partial charge on any atom is 0.193 e. The summed E-state index contributed by atoms with van der Waals surface area (Å²) in [6.45, 7) is 9.61. The minimum absolute atomic E-state index is 0. The summed E-state index contributed by atoms with van der Waals surface area (Å²) in [5.41, 5.74) is 2.80. The third-order valence-electron chi connectivity index (χ3n) is 6.45. The van der Waals surface area contributed by atoms with E-state index in [2.05, 4.69) is 51.3 Å². The molecule has 2 fully saturated rings. The Bertz CT molecular complexity index is 673. The van der Waals surface area contributed by atoms with Gasteiger partial charge in [-0.3, -0.25) is 9.89 Å². The van der Waals surface area contributed by atoms with Gasteiger partial charge in [-0.2, -0.15) is 0 Å². The molecule has 2 aliphatic heterocycles. The molecule has 2 saturated heterocycles. The highest BCUT2D eigenvalue weighted by Crippen LogP contribution is 2.21. The van der Waals surface area contributed by atoms with Gasteiger partial charge in [-0.1, -0.05) is 30.7 Å². The molecule has 0 aliphatic carbocycles. The average molecular weight is 545 g/mol. The lowest BCUT2D eigenvalue weighted by Crippen LogP contribution is -2.40. The summed E-state index contributed by atoms with van der Waals surface area (Å²) in [5.74, 6) is 1.56. The molecule has 2 heterocycles. The fourth-order valence-electron chi connectivity index (χ4n) is 4.56.